The van der Waals surface area contributed by atoms with Gasteiger partial charge in [-0.2, -0.15) is 0 Å². The summed E-state index contributed by atoms with van der Waals surface area (Å²) in [6.45, 7) is 25.0. The standard InChI is InChI=1S/C60H82O10/c1-56(2,3)39-59(9,57(4,5)6)47-21-23-52(24-22-47)69-25-26-70-55-44(37-67-15)31-51(32-45(55)38-68-16)60(10,50-29-42(35-65-13)54(62)43(30-50)36-66-14)48-19-17-46(18-20-48)58(7,8)49-27-40(33-63-11)53(61)41(28-49)34-64-12/h17-24,27-32,61-62H,25-26,33-39H2,1-16H3. The molecule has 0 radical (unpaired) electrons. The molecule has 2 unspecified atom stereocenters. The van der Waals surface area contributed by atoms with Crippen LogP contribution in [0.1, 0.15) is 142 Å². The minimum absolute atomic E-state index is 0.0233. The molecule has 0 spiro atoms. The maximum Gasteiger partial charge on any atom is 0.130 e. The molecule has 0 fully saturated rings. The van der Waals surface area contributed by atoms with Crippen molar-refractivity contribution < 1.29 is 48.1 Å². The predicted molar refractivity (Wildman–Crippen MR) is 279 cm³/mol. The Bertz CT molecular complexity index is 2400. The Morgan fingerprint density at radius 3 is 1.11 bits per heavy atom. The van der Waals surface area contributed by atoms with Gasteiger partial charge < -0.3 is 48.1 Å². The van der Waals surface area contributed by atoms with Crippen molar-refractivity contribution in [2.45, 2.75) is 132 Å². The van der Waals surface area contributed by atoms with Crippen LogP contribution in [0.3, 0.4) is 0 Å². The van der Waals surface area contributed by atoms with E-state index in [1.165, 1.54) is 5.56 Å². The van der Waals surface area contributed by atoms with Gasteiger partial charge in [0.25, 0.3) is 0 Å². The largest absolute Gasteiger partial charge is 0.507 e. The fourth-order valence-electron chi connectivity index (χ4n) is 9.96. The summed E-state index contributed by atoms with van der Waals surface area (Å²) in [5.41, 5.74) is 9.70. The van der Waals surface area contributed by atoms with E-state index in [4.69, 9.17) is 37.9 Å². The normalized spacial score (nSPS) is 14.1. The summed E-state index contributed by atoms with van der Waals surface area (Å²) < 4.78 is 46.8. The summed E-state index contributed by atoms with van der Waals surface area (Å²) in [5, 5.41) is 22.5. The molecular formula is C60H82O10. The quantitative estimate of drug-likeness (QED) is 0.0458. The minimum Gasteiger partial charge on any atom is -0.507 e. The third kappa shape index (κ3) is 12.6. The molecule has 382 valence electrons. The molecule has 0 aliphatic carbocycles. The van der Waals surface area contributed by atoms with Gasteiger partial charge in [0, 0.05) is 86.9 Å². The number of phenols is 2. The molecule has 5 aromatic rings. The molecule has 0 heterocycles. The van der Waals surface area contributed by atoms with Crippen LogP contribution in [0.15, 0.2) is 84.9 Å². The van der Waals surface area contributed by atoms with E-state index in [1.54, 1.807) is 42.7 Å². The third-order valence-electron chi connectivity index (χ3n) is 14.3. The highest BCUT2D eigenvalue weighted by molar-refractivity contribution is 5.59. The molecule has 5 aromatic carbocycles. The van der Waals surface area contributed by atoms with E-state index >= 15 is 0 Å². The Hall–Kier alpha value is -4.94. The molecule has 2 atom stereocenters. The van der Waals surface area contributed by atoms with Crippen LogP contribution in [-0.2, 0) is 84.3 Å². The topological polar surface area (TPSA) is 114 Å². The molecule has 2 N–H and O–H groups in total. The van der Waals surface area contributed by atoms with Crippen LogP contribution in [0.5, 0.6) is 23.0 Å². The first-order chi connectivity index (χ1) is 33.0. The van der Waals surface area contributed by atoms with Crippen molar-refractivity contribution >= 4 is 0 Å². The van der Waals surface area contributed by atoms with Crippen LogP contribution in [0.2, 0.25) is 0 Å². The van der Waals surface area contributed by atoms with E-state index in [2.05, 4.69) is 130 Å². The number of aromatic hydroxyl groups is 2. The number of methoxy groups -OCH3 is 6. The zero-order valence-electron chi connectivity index (χ0n) is 45.1. The molecular weight excluding hydrogens is 881 g/mol. The van der Waals surface area contributed by atoms with Gasteiger partial charge in [-0.3, -0.25) is 0 Å². The van der Waals surface area contributed by atoms with Crippen LogP contribution in [-0.4, -0.2) is 66.1 Å². The van der Waals surface area contributed by atoms with Crippen LogP contribution < -0.4 is 9.47 Å². The first-order valence-corrected chi connectivity index (χ1v) is 24.3. The number of benzene rings is 5. The molecule has 0 amide bonds. The molecule has 0 bridgehead atoms. The van der Waals surface area contributed by atoms with E-state index in [9.17, 15) is 10.2 Å². The van der Waals surface area contributed by atoms with E-state index in [0.29, 0.717) is 41.2 Å². The second-order valence-electron chi connectivity index (χ2n) is 21.9. The summed E-state index contributed by atoms with van der Waals surface area (Å²) in [4.78, 5) is 0. The van der Waals surface area contributed by atoms with Crippen molar-refractivity contribution in [1.29, 1.82) is 0 Å². The van der Waals surface area contributed by atoms with Crippen molar-refractivity contribution in [1.82, 2.24) is 0 Å². The Morgan fingerprint density at radius 2 is 0.729 bits per heavy atom. The van der Waals surface area contributed by atoms with E-state index < -0.39 is 10.8 Å². The number of hydrogen-bond donors (Lipinski definition) is 2. The van der Waals surface area contributed by atoms with Crippen molar-refractivity contribution in [2.24, 2.45) is 10.8 Å². The van der Waals surface area contributed by atoms with Crippen molar-refractivity contribution in [3.63, 3.8) is 0 Å². The lowest BCUT2D eigenvalue weighted by molar-refractivity contribution is 0.134. The number of ether oxygens (including phenoxy) is 8. The van der Waals surface area contributed by atoms with Crippen LogP contribution in [0.4, 0.5) is 0 Å². The summed E-state index contributed by atoms with van der Waals surface area (Å²) in [7, 11) is 9.86. The van der Waals surface area contributed by atoms with E-state index in [1.807, 2.05) is 24.3 Å². The summed E-state index contributed by atoms with van der Waals surface area (Å²) in [5.74, 6) is 1.81. The van der Waals surface area contributed by atoms with Gasteiger partial charge in [-0.25, -0.2) is 0 Å². The molecule has 70 heavy (non-hydrogen) atoms. The molecule has 0 saturated carbocycles. The second kappa shape index (κ2) is 23.5. The molecule has 0 saturated heterocycles. The fraction of sp³-hybridized carbons (Fsp3) is 0.500. The monoisotopic (exact) mass is 963 g/mol. The predicted octanol–water partition coefficient (Wildman–Crippen LogP) is 12.9. The van der Waals surface area contributed by atoms with Gasteiger partial charge in [-0.05, 0) is 112 Å². The highest BCUT2D eigenvalue weighted by atomic mass is 16.5. The first-order valence-electron chi connectivity index (χ1n) is 24.3. The summed E-state index contributed by atoms with van der Waals surface area (Å²) in [6.07, 6.45) is 1.06. The Morgan fingerprint density at radius 1 is 0.386 bits per heavy atom. The highest BCUT2D eigenvalue weighted by Gasteiger charge is 2.42. The number of rotatable bonds is 24. The van der Waals surface area contributed by atoms with E-state index in [0.717, 1.165) is 51.1 Å². The van der Waals surface area contributed by atoms with Gasteiger partial charge >= 0.3 is 0 Å². The molecule has 10 heteroatoms. The lowest BCUT2D eigenvalue weighted by Gasteiger charge is -2.46. The molecule has 10 nitrogen and oxygen atoms in total. The average molecular weight is 963 g/mol. The highest BCUT2D eigenvalue weighted by Crippen LogP contribution is 2.49. The Kier molecular flexibility index (Phi) is 18.8. The lowest BCUT2D eigenvalue weighted by atomic mass is 9.58. The molecule has 0 aliphatic heterocycles. The van der Waals surface area contributed by atoms with Crippen molar-refractivity contribution in [2.75, 3.05) is 55.9 Å². The fourth-order valence-corrected chi connectivity index (χ4v) is 9.96. The van der Waals surface area contributed by atoms with Crippen LogP contribution in [0, 0.1) is 10.8 Å². The van der Waals surface area contributed by atoms with Gasteiger partial charge in [-0.1, -0.05) is 98.7 Å². The maximum absolute atomic E-state index is 11.4. The van der Waals surface area contributed by atoms with Crippen molar-refractivity contribution in [3.05, 3.63) is 152 Å². The Balaban J connectivity index is 1.58. The minimum atomic E-state index is -0.800. The van der Waals surface area contributed by atoms with Gasteiger partial charge in [0.1, 0.15) is 36.2 Å². The summed E-state index contributed by atoms with van der Waals surface area (Å²) >= 11 is 0. The van der Waals surface area contributed by atoms with Gasteiger partial charge in [0.05, 0.1) is 39.6 Å². The van der Waals surface area contributed by atoms with Crippen molar-refractivity contribution in [3.8, 4) is 23.0 Å². The first kappa shape index (κ1) is 56.0. The smallest absolute Gasteiger partial charge is 0.130 e. The lowest BCUT2D eigenvalue weighted by Crippen LogP contribution is -2.40. The summed E-state index contributed by atoms with van der Waals surface area (Å²) in [6, 6.07) is 29.6. The van der Waals surface area contributed by atoms with Crippen LogP contribution in [0.25, 0.3) is 0 Å². The van der Waals surface area contributed by atoms with Gasteiger partial charge in [-0.15, -0.1) is 0 Å². The van der Waals surface area contributed by atoms with Gasteiger partial charge in [0.15, 0.2) is 0 Å². The zero-order valence-corrected chi connectivity index (χ0v) is 45.1. The van der Waals surface area contributed by atoms with Crippen LogP contribution >= 0.6 is 0 Å². The second-order valence-corrected chi connectivity index (χ2v) is 21.9. The van der Waals surface area contributed by atoms with Gasteiger partial charge in [0.2, 0.25) is 0 Å². The average Bonchev–Trinajstić information content (AvgIpc) is 3.30. The molecule has 0 aromatic heterocycles. The SMILES string of the molecule is COCc1cc(C(C)(C)c2ccc(C(C)(c3cc(COC)c(O)c(COC)c3)c3cc(COC)c(OCCOc4ccc(C(C)(CC(C)(C)C)C(C)(C)C)cc4)c(COC)c3)cc2)cc(COC)c1O. The number of phenolic OH excluding ortho intramolecular Hbond substituents is 2. The zero-order chi connectivity index (χ0) is 51.7. The van der Waals surface area contributed by atoms with E-state index in [-0.39, 0.29) is 67.4 Å². The molecule has 5 rings (SSSR count). The Labute approximate surface area is 419 Å². The maximum atomic E-state index is 11.4. The molecule has 0 aliphatic rings. The third-order valence-corrected chi connectivity index (χ3v) is 14.3. The number of hydrogen-bond acceptors (Lipinski definition) is 10.